The van der Waals surface area contributed by atoms with Crippen molar-refractivity contribution in [3.8, 4) is 0 Å². The zero-order chi connectivity index (χ0) is 17.8. The minimum Gasteiger partial charge on any atom is -0.0917 e. The van der Waals surface area contributed by atoms with Crippen LogP contribution in [0.25, 0.3) is 0 Å². The molecule has 0 radical (unpaired) electrons. The van der Waals surface area contributed by atoms with E-state index in [2.05, 4.69) is 74.5 Å². The van der Waals surface area contributed by atoms with Crippen LogP contribution in [0, 0.1) is 40.4 Å². The van der Waals surface area contributed by atoms with Gasteiger partial charge < -0.3 is 0 Å². The summed E-state index contributed by atoms with van der Waals surface area (Å²) in [6, 6.07) is 0. The van der Waals surface area contributed by atoms with Crippen LogP contribution in [0.3, 0.4) is 0 Å². The molecule has 1 rings (SSSR count). The van der Waals surface area contributed by atoms with Crippen LogP contribution in [0.15, 0.2) is 12.2 Å². The second-order valence-electron chi connectivity index (χ2n) is 9.98. The molecule has 5 atom stereocenters. The molecule has 0 amide bonds. The summed E-state index contributed by atoms with van der Waals surface area (Å²) >= 11 is 0. The first-order valence-electron chi connectivity index (χ1n) is 10.2. The van der Waals surface area contributed by atoms with Crippen LogP contribution in [0.5, 0.6) is 0 Å². The molecule has 1 saturated carbocycles. The van der Waals surface area contributed by atoms with Gasteiger partial charge in [-0.1, -0.05) is 74.0 Å². The van der Waals surface area contributed by atoms with E-state index in [1.165, 1.54) is 32.1 Å². The maximum atomic E-state index is 2.56. The van der Waals surface area contributed by atoms with Crippen molar-refractivity contribution < 1.29 is 0 Å². The van der Waals surface area contributed by atoms with Gasteiger partial charge >= 0.3 is 0 Å². The maximum Gasteiger partial charge on any atom is -0.0318 e. The van der Waals surface area contributed by atoms with Crippen LogP contribution in [0.4, 0.5) is 0 Å². The van der Waals surface area contributed by atoms with E-state index >= 15 is 0 Å². The van der Waals surface area contributed by atoms with Gasteiger partial charge in [0.15, 0.2) is 0 Å². The van der Waals surface area contributed by atoms with E-state index in [-0.39, 0.29) is 0 Å². The Kier molecular flexibility index (Phi) is 7.42. The molecule has 0 heterocycles. The first-order chi connectivity index (χ1) is 10.6. The van der Waals surface area contributed by atoms with Crippen molar-refractivity contribution in [2.45, 2.75) is 94.4 Å². The van der Waals surface area contributed by atoms with Crippen molar-refractivity contribution in [1.29, 1.82) is 0 Å². The average molecular weight is 321 g/mol. The highest BCUT2D eigenvalue weighted by atomic mass is 14.5. The molecule has 0 bridgehead atoms. The van der Waals surface area contributed by atoms with Crippen molar-refractivity contribution in [3.05, 3.63) is 12.2 Å². The predicted octanol–water partition coefficient (Wildman–Crippen LogP) is 7.74. The first kappa shape index (κ1) is 20.8. The van der Waals surface area contributed by atoms with Gasteiger partial charge in [-0.3, -0.25) is 0 Å². The van der Waals surface area contributed by atoms with E-state index < -0.39 is 0 Å². The van der Waals surface area contributed by atoms with E-state index in [0.29, 0.717) is 10.8 Å². The first-order valence-corrected chi connectivity index (χ1v) is 10.2. The van der Waals surface area contributed by atoms with Crippen molar-refractivity contribution in [3.63, 3.8) is 0 Å². The molecule has 1 aliphatic rings. The Morgan fingerprint density at radius 1 is 1.00 bits per heavy atom. The predicted molar refractivity (Wildman–Crippen MR) is 106 cm³/mol. The largest absolute Gasteiger partial charge is 0.0917 e. The van der Waals surface area contributed by atoms with Crippen molar-refractivity contribution >= 4 is 0 Å². The molecule has 0 aliphatic heterocycles. The maximum absolute atomic E-state index is 2.56. The zero-order valence-electron chi connectivity index (χ0n) is 17.6. The third-order valence-electron chi connectivity index (χ3n) is 7.25. The Morgan fingerprint density at radius 3 is 2.04 bits per heavy atom. The number of rotatable bonds is 6. The van der Waals surface area contributed by atoms with E-state index in [0.717, 1.165) is 29.6 Å². The fourth-order valence-electron chi connectivity index (χ4n) is 5.82. The summed E-state index contributed by atoms with van der Waals surface area (Å²) in [6.07, 6.45) is 11.3. The SMILES string of the molecule is CC=CCCC1C(C)C(C)C(CC(C)CC)C(C)(C)CC1(C)C. The van der Waals surface area contributed by atoms with E-state index in [1.807, 2.05) is 0 Å². The summed E-state index contributed by atoms with van der Waals surface area (Å²) < 4.78 is 0. The molecule has 0 aromatic carbocycles. The number of allylic oxidation sites excluding steroid dienone is 2. The monoisotopic (exact) mass is 320 g/mol. The van der Waals surface area contributed by atoms with Gasteiger partial charge in [-0.2, -0.15) is 0 Å². The smallest absolute Gasteiger partial charge is 0.0318 e. The Balaban J connectivity index is 3.08. The molecular weight excluding hydrogens is 276 g/mol. The molecular formula is C23H44. The minimum atomic E-state index is 0.447. The normalized spacial score (nSPS) is 35.2. The minimum absolute atomic E-state index is 0.447. The molecule has 0 aromatic rings. The molecule has 1 aliphatic carbocycles. The van der Waals surface area contributed by atoms with E-state index in [9.17, 15) is 0 Å². The van der Waals surface area contributed by atoms with Crippen LogP contribution >= 0.6 is 0 Å². The standard InChI is InChI=1S/C23H44/c1-10-12-13-14-20-18(4)19(5)21(15-17(3)11-2)23(8,9)16-22(20,6)7/h10,12,17-21H,11,13-16H2,1-9H3. The molecule has 0 N–H and O–H groups in total. The lowest BCUT2D eigenvalue weighted by atomic mass is 9.64. The molecule has 1 fully saturated rings. The quantitative estimate of drug-likeness (QED) is 0.347. The molecule has 5 unspecified atom stereocenters. The molecule has 136 valence electrons. The third kappa shape index (κ3) is 5.10. The lowest BCUT2D eigenvalue weighted by molar-refractivity contribution is 0.0870. The van der Waals surface area contributed by atoms with Gasteiger partial charge in [-0.15, -0.1) is 0 Å². The lowest BCUT2D eigenvalue weighted by Gasteiger charge is -2.41. The van der Waals surface area contributed by atoms with Crippen LogP contribution in [0.2, 0.25) is 0 Å². The fraction of sp³-hybridized carbons (Fsp3) is 0.913. The second kappa shape index (κ2) is 8.21. The Hall–Kier alpha value is -0.260. The van der Waals surface area contributed by atoms with Crippen LogP contribution in [-0.2, 0) is 0 Å². The Morgan fingerprint density at radius 2 is 1.52 bits per heavy atom. The third-order valence-corrected chi connectivity index (χ3v) is 7.25. The van der Waals surface area contributed by atoms with Crippen LogP contribution < -0.4 is 0 Å². The number of hydrogen-bond donors (Lipinski definition) is 0. The van der Waals surface area contributed by atoms with Crippen molar-refractivity contribution in [2.24, 2.45) is 40.4 Å². The second-order valence-corrected chi connectivity index (χ2v) is 9.98. The van der Waals surface area contributed by atoms with Crippen molar-refractivity contribution in [1.82, 2.24) is 0 Å². The van der Waals surface area contributed by atoms with Crippen molar-refractivity contribution in [2.75, 3.05) is 0 Å². The number of hydrogen-bond acceptors (Lipinski definition) is 0. The summed E-state index contributed by atoms with van der Waals surface area (Å²) in [4.78, 5) is 0. The van der Waals surface area contributed by atoms with E-state index in [1.54, 1.807) is 0 Å². The van der Waals surface area contributed by atoms with Gasteiger partial charge in [0.05, 0.1) is 0 Å². The highest BCUT2D eigenvalue weighted by Gasteiger charge is 2.48. The highest BCUT2D eigenvalue weighted by Crippen LogP contribution is 2.56. The summed E-state index contributed by atoms with van der Waals surface area (Å²) in [7, 11) is 0. The summed E-state index contributed by atoms with van der Waals surface area (Å²) in [5, 5.41) is 0. The van der Waals surface area contributed by atoms with Gasteiger partial charge in [-0.05, 0) is 73.0 Å². The molecule has 0 nitrogen and oxygen atoms in total. The van der Waals surface area contributed by atoms with Gasteiger partial charge in [0.25, 0.3) is 0 Å². The average Bonchev–Trinajstić information content (AvgIpc) is 2.49. The Labute approximate surface area is 147 Å². The van der Waals surface area contributed by atoms with Gasteiger partial charge in [0.2, 0.25) is 0 Å². The summed E-state index contributed by atoms with van der Waals surface area (Å²) in [6.45, 7) is 22.3. The topological polar surface area (TPSA) is 0 Å². The van der Waals surface area contributed by atoms with Gasteiger partial charge in [0, 0.05) is 0 Å². The van der Waals surface area contributed by atoms with Crippen LogP contribution in [0.1, 0.15) is 94.4 Å². The Bertz CT molecular complexity index is 373. The molecule has 0 heteroatoms. The lowest BCUT2D eigenvalue weighted by Crippen LogP contribution is -2.32. The summed E-state index contributed by atoms with van der Waals surface area (Å²) in [5.41, 5.74) is 0.902. The summed E-state index contributed by atoms with van der Waals surface area (Å²) in [5.74, 6) is 4.22. The van der Waals surface area contributed by atoms with Crippen LogP contribution in [-0.4, -0.2) is 0 Å². The molecule has 0 aromatic heterocycles. The highest BCUT2D eigenvalue weighted by molar-refractivity contribution is 4.98. The van der Waals surface area contributed by atoms with Gasteiger partial charge in [0.1, 0.15) is 0 Å². The molecule has 0 spiro atoms. The molecule has 23 heavy (non-hydrogen) atoms. The van der Waals surface area contributed by atoms with E-state index in [4.69, 9.17) is 0 Å². The van der Waals surface area contributed by atoms with Gasteiger partial charge in [-0.25, -0.2) is 0 Å². The zero-order valence-corrected chi connectivity index (χ0v) is 17.6. The molecule has 0 saturated heterocycles. The fourth-order valence-corrected chi connectivity index (χ4v) is 5.82.